The first-order valence-electron chi connectivity index (χ1n) is 8.28. The first-order valence-corrected chi connectivity index (χ1v) is 8.28. The molecule has 2 N–H and O–H groups in total. The van der Waals surface area contributed by atoms with Gasteiger partial charge in [0.2, 0.25) is 0 Å². The van der Waals surface area contributed by atoms with Crippen molar-refractivity contribution in [3.05, 3.63) is 58.7 Å². The molecule has 0 saturated heterocycles. The molecule has 0 unspecified atom stereocenters. The van der Waals surface area contributed by atoms with E-state index in [2.05, 4.69) is 47.7 Å². The smallest absolute Gasteiger partial charge is 0.191 e. The van der Waals surface area contributed by atoms with E-state index in [0.29, 0.717) is 13.1 Å². The lowest BCUT2D eigenvalue weighted by Crippen LogP contribution is -2.36. The number of ether oxygens (including phenoxy) is 2. The van der Waals surface area contributed by atoms with Crippen molar-refractivity contribution in [2.24, 2.45) is 4.99 Å². The molecule has 0 atom stereocenters. The third-order valence-corrected chi connectivity index (χ3v) is 3.92. The molecule has 0 fully saturated rings. The van der Waals surface area contributed by atoms with Crippen molar-refractivity contribution in [2.75, 3.05) is 21.3 Å². The molecule has 0 aliphatic heterocycles. The Morgan fingerprint density at radius 3 is 2.31 bits per heavy atom. The second kappa shape index (κ2) is 10.9. The lowest BCUT2D eigenvalue weighted by atomic mass is 10.1. The van der Waals surface area contributed by atoms with E-state index in [1.165, 1.54) is 11.1 Å². The van der Waals surface area contributed by atoms with Gasteiger partial charge in [-0.15, -0.1) is 24.0 Å². The molecular formula is C20H28IN3O2. The van der Waals surface area contributed by atoms with Crippen molar-refractivity contribution in [2.45, 2.75) is 26.9 Å². The molecule has 0 bridgehead atoms. The normalized spacial score (nSPS) is 10.7. The summed E-state index contributed by atoms with van der Waals surface area (Å²) in [6.45, 7) is 5.42. The van der Waals surface area contributed by atoms with Crippen LogP contribution in [0.3, 0.4) is 0 Å². The lowest BCUT2D eigenvalue weighted by Gasteiger charge is -2.15. The first kappa shape index (κ1) is 22.1. The number of methoxy groups -OCH3 is 2. The zero-order valence-electron chi connectivity index (χ0n) is 16.1. The second-order valence-electron chi connectivity index (χ2n) is 5.95. The number of nitrogens with zero attached hydrogens (tertiary/aromatic N) is 1. The van der Waals surface area contributed by atoms with Gasteiger partial charge in [-0.05, 0) is 48.7 Å². The first-order chi connectivity index (χ1) is 12.0. The molecule has 5 nitrogen and oxygen atoms in total. The fraction of sp³-hybridized carbons (Fsp3) is 0.350. The molecule has 0 radical (unpaired) electrons. The van der Waals surface area contributed by atoms with Gasteiger partial charge in [-0.25, -0.2) is 0 Å². The van der Waals surface area contributed by atoms with Crippen LogP contribution >= 0.6 is 24.0 Å². The van der Waals surface area contributed by atoms with Crippen LogP contribution in [0.15, 0.2) is 41.4 Å². The van der Waals surface area contributed by atoms with Crippen LogP contribution < -0.4 is 20.1 Å². The maximum Gasteiger partial charge on any atom is 0.191 e. The van der Waals surface area contributed by atoms with Crippen LogP contribution in [0.2, 0.25) is 0 Å². The molecule has 0 amide bonds. The van der Waals surface area contributed by atoms with Gasteiger partial charge in [-0.3, -0.25) is 4.99 Å². The SMILES string of the molecule is CN=C(NCc1cc(C)cc(OC)c1)NCc1ccc(C)cc1OC.I. The fourth-order valence-corrected chi connectivity index (χ4v) is 2.63. The Hall–Kier alpha value is -1.96. The van der Waals surface area contributed by atoms with E-state index in [9.17, 15) is 0 Å². The van der Waals surface area contributed by atoms with E-state index in [1.54, 1.807) is 21.3 Å². The predicted octanol–water partition coefficient (Wildman–Crippen LogP) is 3.80. The molecule has 142 valence electrons. The second-order valence-corrected chi connectivity index (χ2v) is 5.95. The molecule has 2 aromatic rings. The van der Waals surface area contributed by atoms with Crippen molar-refractivity contribution in [3.63, 3.8) is 0 Å². The number of nitrogens with one attached hydrogen (secondary N) is 2. The average molecular weight is 469 g/mol. The standard InChI is InChI=1S/C20H27N3O2.HI/c1-14-6-7-17(19(10-14)25-5)13-23-20(21-3)22-12-16-8-15(2)9-18(11-16)24-4;/h6-11H,12-13H2,1-5H3,(H2,21,22,23);1H. The molecule has 26 heavy (non-hydrogen) atoms. The number of benzene rings is 2. The van der Waals surface area contributed by atoms with Crippen molar-refractivity contribution >= 4 is 29.9 Å². The summed E-state index contributed by atoms with van der Waals surface area (Å²) in [7, 11) is 5.14. The third-order valence-electron chi connectivity index (χ3n) is 3.92. The van der Waals surface area contributed by atoms with Gasteiger partial charge in [0.1, 0.15) is 11.5 Å². The van der Waals surface area contributed by atoms with Crippen LogP contribution in [0.5, 0.6) is 11.5 Å². The van der Waals surface area contributed by atoms with E-state index in [0.717, 1.165) is 28.6 Å². The molecule has 0 aliphatic carbocycles. The van der Waals surface area contributed by atoms with Crippen LogP contribution in [0.1, 0.15) is 22.3 Å². The highest BCUT2D eigenvalue weighted by Gasteiger charge is 2.05. The van der Waals surface area contributed by atoms with Crippen molar-refractivity contribution < 1.29 is 9.47 Å². The Morgan fingerprint density at radius 2 is 1.65 bits per heavy atom. The van der Waals surface area contributed by atoms with Crippen molar-refractivity contribution in [1.82, 2.24) is 10.6 Å². The molecule has 2 aromatic carbocycles. The van der Waals surface area contributed by atoms with Gasteiger partial charge in [0.25, 0.3) is 0 Å². The summed E-state index contributed by atoms with van der Waals surface area (Å²) in [6, 6.07) is 12.4. The topological polar surface area (TPSA) is 54.9 Å². The highest BCUT2D eigenvalue weighted by Crippen LogP contribution is 2.19. The number of rotatable bonds is 6. The average Bonchev–Trinajstić information content (AvgIpc) is 2.62. The number of halogens is 1. The zero-order chi connectivity index (χ0) is 18.2. The van der Waals surface area contributed by atoms with Crippen LogP contribution in [-0.4, -0.2) is 27.2 Å². The quantitative estimate of drug-likeness (QED) is 0.384. The van der Waals surface area contributed by atoms with E-state index < -0.39 is 0 Å². The minimum atomic E-state index is 0. The summed E-state index contributed by atoms with van der Waals surface area (Å²) in [6.07, 6.45) is 0. The minimum absolute atomic E-state index is 0. The molecule has 6 heteroatoms. The summed E-state index contributed by atoms with van der Waals surface area (Å²) < 4.78 is 10.8. The lowest BCUT2D eigenvalue weighted by molar-refractivity contribution is 0.408. The maximum atomic E-state index is 5.45. The number of hydrogen-bond acceptors (Lipinski definition) is 3. The minimum Gasteiger partial charge on any atom is -0.497 e. The Morgan fingerprint density at radius 1 is 0.923 bits per heavy atom. The van der Waals surface area contributed by atoms with Gasteiger partial charge < -0.3 is 20.1 Å². The van der Waals surface area contributed by atoms with Gasteiger partial charge >= 0.3 is 0 Å². The number of guanidine groups is 1. The fourth-order valence-electron chi connectivity index (χ4n) is 2.63. The summed E-state index contributed by atoms with van der Waals surface area (Å²) in [5.74, 6) is 2.48. The van der Waals surface area contributed by atoms with Crippen LogP contribution in [-0.2, 0) is 13.1 Å². The largest absolute Gasteiger partial charge is 0.497 e. The molecule has 0 spiro atoms. The van der Waals surface area contributed by atoms with Crippen LogP contribution in [0.25, 0.3) is 0 Å². The van der Waals surface area contributed by atoms with E-state index >= 15 is 0 Å². The number of hydrogen-bond donors (Lipinski definition) is 2. The van der Waals surface area contributed by atoms with Crippen molar-refractivity contribution in [3.8, 4) is 11.5 Å². The van der Waals surface area contributed by atoms with Crippen LogP contribution in [0.4, 0.5) is 0 Å². The molecule has 0 aromatic heterocycles. The number of aryl methyl sites for hydroxylation is 2. The van der Waals surface area contributed by atoms with Gasteiger partial charge in [0.05, 0.1) is 14.2 Å². The van der Waals surface area contributed by atoms with Crippen LogP contribution in [0, 0.1) is 13.8 Å². The third kappa shape index (κ3) is 6.40. The maximum absolute atomic E-state index is 5.45. The molecule has 2 rings (SSSR count). The Kier molecular flexibility index (Phi) is 9.26. The Labute approximate surface area is 173 Å². The Bertz CT molecular complexity index is 748. The highest BCUT2D eigenvalue weighted by atomic mass is 127. The predicted molar refractivity (Wildman–Crippen MR) is 118 cm³/mol. The van der Waals surface area contributed by atoms with Gasteiger partial charge in [-0.1, -0.05) is 18.2 Å². The van der Waals surface area contributed by atoms with Gasteiger partial charge in [0, 0.05) is 25.7 Å². The molecule has 0 heterocycles. The van der Waals surface area contributed by atoms with E-state index in [-0.39, 0.29) is 24.0 Å². The van der Waals surface area contributed by atoms with Crippen molar-refractivity contribution in [1.29, 1.82) is 0 Å². The number of aliphatic imine (C=N–C) groups is 1. The summed E-state index contributed by atoms with van der Waals surface area (Å²) in [5.41, 5.74) is 4.58. The zero-order valence-corrected chi connectivity index (χ0v) is 18.4. The highest BCUT2D eigenvalue weighted by molar-refractivity contribution is 14.0. The summed E-state index contributed by atoms with van der Waals surface area (Å²) >= 11 is 0. The monoisotopic (exact) mass is 469 g/mol. The molecular weight excluding hydrogens is 441 g/mol. The summed E-state index contributed by atoms with van der Waals surface area (Å²) in [4.78, 5) is 4.28. The summed E-state index contributed by atoms with van der Waals surface area (Å²) in [5, 5.41) is 6.65. The molecule has 0 saturated carbocycles. The molecule has 0 aliphatic rings. The van der Waals surface area contributed by atoms with E-state index in [1.807, 2.05) is 18.2 Å². The van der Waals surface area contributed by atoms with Gasteiger partial charge in [0.15, 0.2) is 5.96 Å². The van der Waals surface area contributed by atoms with E-state index in [4.69, 9.17) is 9.47 Å². The van der Waals surface area contributed by atoms with Gasteiger partial charge in [-0.2, -0.15) is 0 Å². The Balaban J connectivity index is 0.00000338.